The molecule has 144 valence electrons. The Bertz CT molecular complexity index is 772. The topological polar surface area (TPSA) is 69.1 Å². The molecule has 0 aliphatic heterocycles. The first-order valence-corrected chi connectivity index (χ1v) is 8.85. The Labute approximate surface area is 160 Å². The van der Waals surface area contributed by atoms with E-state index in [0.29, 0.717) is 17.9 Å². The van der Waals surface area contributed by atoms with Gasteiger partial charge in [-0.1, -0.05) is 12.1 Å². The number of amides is 1. The predicted octanol–water partition coefficient (Wildman–Crippen LogP) is 1.28. The number of likely N-dealkylation sites (N-methyl/N-ethyl adjacent to an activating group) is 1. The number of hydrogen-bond donors (Lipinski definition) is 2. The maximum Gasteiger partial charge on any atom is 0.258 e. The molecule has 6 nitrogen and oxygen atoms in total. The van der Waals surface area contributed by atoms with Gasteiger partial charge in [-0.15, -0.1) is 0 Å². The van der Waals surface area contributed by atoms with Crippen LogP contribution < -0.4 is 19.7 Å². The molecule has 0 heterocycles. The van der Waals surface area contributed by atoms with Gasteiger partial charge in [0.2, 0.25) is 0 Å². The van der Waals surface area contributed by atoms with Crippen LogP contribution in [0.2, 0.25) is 0 Å². The average Bonchev–Trinajstić information content (AvgIpc) is 2.67. The van der Waals surface area contributed by atoms with E-state index in [1.807, 2.05) is 38.4 Å². The van der Waals surface area contributed by atoms with E-state index in [4.69, 9.17) is 9.47 Å². The fourth-order valence-corrected chi connectivity index (χ4v) is 2.71. The van der Waals surface area contributed by atoms with Gasteiger partial charge >= 0.3 is 0 Å². The van der Waals surface area contributed by atoms with Gasteiger partial charge < -0.3 is 19.7 Å². The summed E-state index contributed by atoms with van der Waals surface area (Å²) >= 11 is 0. The van der Waals surface area contributed by atoms with Gasteiger partial charge in [-0.05, 0) is 43.3 Å². The second-order valence-corrected chi connectivity index (χ2v) is 6.58. The quantitative estimate of drug-likeness (QED) is 0.652. The van der Waals surface area contributed by atoms with Crippen LogP contribution >= 0.6 is 0 Å². The molecule has 6 heteroatoms. The zero-order chi connectivity index (χ0) is 19.8. The van der Waals surface area contributed by atoms with E-state index in [1.165, 1.54) is 11.8 Å². The zero-order valence-electron chi connectivity index (χ0n) is 16.2. The molecular formula is C21H27N2O4+. The lowest BCUT2D eigenvalue weighted by atomic mass is 10.1. The first kappa shape index (κ1) is 20.5. The summed E-state index contributed by atoms with van der Waals surface area (Å²) in [5, 5.41) is 2.92. The second kappa shape index (κ2) is 9.73. The Hall–Kier alpha value is -2.86. The Morgan fingerprint density at radius 1 is 1.07 bits per heavy atom. The van der Waals surface area contributed by atoms with Gasteiger partial charge in [0.25, 0.3) is 5.91 Å². The normalized spacial score (nSPS) is 11.7. The van der Waals surface area contributed by atoms with Crippen LogP contribution in [0, 0.1) is 0 Å². The van der Waals surface area contributed by atoms with Gasteiger partial charge in [0, 0.05) is 11.1 Å². The molecule has 2 rings (SSSR count). The molecule has 2 aromatic carbocycles. The van der Waals surface area contributed by atoms with Crippen molar-refractivity contribution in [1.29, 1.82) is 0 Å². The Balaban J connectivity index is 1.90. The Morgan fingerprint density at radius 2 is 1.78 bits per heavy atom. The summed E-state index contributed by atoms with van der Waals surface area (Å²) in [5.74, 6) is 1.06. The van der Waals surface area contributed by atoms with Crippen LogP contribution in [-0.4, -0.2) is 46.0 Å². The summed E-state index contributed by atoms with van der Waals surface area (Å²) in [6.45, 7) is 1.89. The van der Waals surface area contributed by atoms with Crippen LogP contribution in [0.5, 0.6) is 11.5 Å². The maximum atomic E-state index is 12.2. The number of carbonyl (C=O) groups is 2. The van der Waals surface area contributed by atoms with E-state index in [2.05, 4.69) is 5.32 Å². The summed E-state index contributed by atoms with van der Waals surface area (Å²) in [7, 11) is 5.73. The highest BCUT2D eigenvalue weighted by molar-refractivity contribution is 5.94. The summed E-state index contributed by atoms with van der Waals surface area (Å²) in [6, 6.07) is 14.8. The van der Waals surface area contributed by atoms with E-state index in [9.17, 15) is 9.59 Å². The van der Waals surface area contributed by atoms with E-state index >= 15 is 0 Å². The SMILES string of the molecule is COc1ccc([C@@H](CNC(=O)COc2cccc(C(C)=O)c2)[NH+](C)C)cc1. The Morgan fingerprint density at radius 3 is 2.37 bits per heavy atom. The average molecular weight is 371 g/mol. The number of Topliss-reactive ketones (excluding diaryl/α,β-unsaturated/α-hetero) is 1. The first-order valence-electron chi connectivity index (χ1n) is 8.85. The number of ketones is 1. The molecule has 0 aliphatic carbocycles. The molecule has 27 heavy (non-hydrogen) atoms. The third kappa shape index (κ3) is 6.11. The molecule has 0 fully saturated rings. The molecule has 0 aromatic heterocycles. The van der Waals surface area contributed by atoms with E-state index < -0.39 is 0 Å². The number of nitrogens with one attached hydrogen (secondary N) is 2. The van der Waals surface area contributed by atoms with Crippen molar-refractivity contribution in [2.75, 3.05) is 34.4 Å². The standard InChI is InChI=1S/C21H26N2O4/c1-15(24)17-6-5-7-19(12-17)27-14-21(25)22-13-20(23(2)3)16-8-10-18(26-4)11-9-16/h5-12,20H,13-14H2,1-4H3,(H,22,25)/p+1/t20-/m1/s1. The number of methoxy groups -OCH3 is 1. The fraction of sp³-hybridized carbons (Fsp3) is 0.333. The summed E-state index contributed by atoms with van der Waals surface area (Å²) in [5.41, 5.74) is 1.68. The highest BCUT2D eigenvalue weighted by Gasteiger charge is 2.19. The molecule has 0 aliphatic rings. The minimum Gasteiger partial charge on any atom is -0.497 e. The van der Waals surface area contributed by atoms with E-state index in [1.54, 1.807) is 31.4 Å². The van der Waals surface area contributed by atoms with Crippen molar-refractivity contribution < 1.29 is 24.0 Å². The molecule has 0 bridgehead atoms. The number of rotatable bonds is 9. The first-order chi connectivity index (χ1) is 12.9. The smallest absolute Gasteiger partial charge is 0.258 e. The lowest BCUT2D eigenvalue weighted by Gasteiger charge is -2.22. The van der Waals surface area contributed by atoms with Gasteiger partial charge in [0.05, 0.1) is 27.7 Å². The van der Waals surface area contributed by atoms with Gasteiger partial charge in [-0.25, -0.2) is 0 Å². The van der Waals surface area contributed by atoms with Crippen molar-refractivity contribution >= 4 is 11.7 Å². The molecule has 1 atom stereocenters. The van der Waals surface area contributed by atoms with Gasteiger partial charge in [-0.3, -0.25) is 9.59 Å². The molecule has 0 radical (unpaired) electrons. The van der Waals surface area contributed by atoms with Gasteiger partial charge in [0.1, 0.15) is 17.5 Å². The van der Waals surface area contributed by atoms with Crippen molar-refractivity contribution in [2.45, 2.75) is 13.0 Å². The van der Waals surface area contributed by atoms with Crippen molar-refractivity contribution in [2.24, 2.45) is 0 Å². The molecule has 0 saturated carbocycles. The zero-order valence-corrected chi connectivity index (χ0v) is 16.2. The summed E-state index contributed by atoms with van der Waals surface area (Å²) < 4.78 is 10.7. The predicted molar refractivity (Wildman–Crippen MR) is 103 cm³/mol. The van der Waals surface area contributed by atoms with Crippen LogP contribution in [0.4, 0.5) is 0 Å². The highest BCUT2D eigenvalue weighted by atomic mass is 16.5. The van der Waals surface area contributed by atoms with Crippen molar-refractivity contribution in [1.82, 2.24) is 5.32 Å². The minimum absolute atomic E-state index is 0.0406. The van der Waals surface area contributed by atoms with Crippen LogP contribution in [-0.2, 0) is 4.79 Å². The van der Waals surface area contributed by atoms with Crippen molar-refractivity contribution in [3.8, 4) is 11.5 Å². The number of hydrogen-bond acceptors (Lipinski definition) is 4. The second-order valence-electron chi connectivity index (χ2n) is 6.58. The number of benzene rings is 2. The lowest BCUT2D eigenvalue weighted by molar-refractivity contribution is -0.890. The molecule has 0 saturated heterocycles. The van der Waals surface area contributed by atoms with Crippen LogP contribution in [0.25, 0.3) is 0 Å². The summed E-state index contributed by atoms with van der Waals surface area (Å²) in [4.78, 5) is 24.8. The molecule has 0 unspecified atom stereocenters. The van der Waals surface area contributed by atoms with E-state index in [-0.39, 0.29) is 24.3 Å². The number of quaternary nitrogens is 1. The van der Waals surface area contributed by atoms with Crippen molar-refractivity contribution in [3.05, 3.63) is 59.7 Å². The Kier molecular flexibility index (Phi) is 7.37. The lowest BCUT2D eigenvalue weighted by Crippen LogP contribution is -3.07. The van der Waals surface area contributed by atoms with Gasteiger partial charge in [0.15, 0.2) is 12.4 Å². The third-order valence-corrected chi connectivity index (χ3v) is 4.33. The molecule has 0 spiro atoms. The summed E-state index contributed by atoms with van der Waals surface area (Å²) in [6.07, 6.45) is 0. The van der Waals surface area contributed by atoms with Crippen LogP contribution in [0.1, 0.15) is 28.9 Å². The number of carbonyl (C=O) groups excluding carboxylic acids is 2. The monoisotopic (exact) mass is 371 g/mol. The largest absolute Gasteiger partial charge is 0.497 e. The van der Waals surface area contributed by atoms with Gasteiger partial charge in [-0.2, -0.15) is 0 Å². The molecular weight excluding hydrogens is 344 g/mol. The highest BCUT2D eigenvalue weighted by Crippen LogP contribution is 2.16. The molecule has 2 aromatic rings. The third-order valence-electron chi connectivity index (χ3n) is 4.33. The molecule has 2 N–H and O–H groups in total. The minimum atomic E-state index is -0.206. The van der Waals surface area contributed by atoms with Crippen molar-refractivity contribution in [3.63, 3.8) is 0 Å². The van der Waals surface area contributed by atoms with E-state index in [0.717, 1.165) is 11.3 Å². The maximum absolute atomic E-state index is 12.2. The van der Waals surface area contributed by atoms with Crippen LogP contribution in [0.3, 0.4) is 0 Å². The fourth-order valence-electron chi connectivity index (χ4n) is 2.71. The van der Waals surface area contributed by atoms with Crippen LogP contribution in [0.15, 0.2) is 48.5 Å². The number of ether oxygens (including phenoxy) is 2. The molecule has 1 amide bonds.